The van der Waals surface area contributed by atoms with Gasteiger partial charge in [-0.3, -0.25) is 0 Å². The molecule has 2 N–H and O–H groups in total. The van der Waals surface area contributed by atoms with Crippen LogP contribution in [0.4, 0.5) is 0 Å². The molecule has 0 atom stereocenters. The van der Waals surface area contributed by atoms with E-state index in [2.05, 4.69) is 88.8 Å². The third kappa shape index (κ3) is 3.89. The SMILES string of the molecule is C1=Cc2cc3ccc(cc4ccc(cc5nc(cc1n2)C(c1ccccc1)=C5)[nH]4)[nH]3.[Mn]. The molecule has 1 aromatic carbocycles. The Kier molecular flexibility index (Phi) is 4.91. The topological polar surface area (TPSA) is 57.4 Å². The Labute approximate surface area is 189 Å². The van der Waals surface area contributed by atoms with Gasteiger partial charge in [-0.25, -0.2) is 9.97 Å². The van der Waals surface area contributed by atoms with Crippen molar-refractivity contribution in [3.63, 3.8) is 0 Å². The van der Waals surface area contributed by atoms with E-state index >= 15 is 0 Å². The number of hydrogen-bond donors (Lipinski definition) is 2. The van der Waals surface area contributed by atoms with Crippen LogP contribution < -0.4 is 0 Å². The van der Waals surface area contributed by atoms with Crippen molar-refractivity contribution in [2.45, 2.75) is 0 Å². The van der Waals surface area contributed by atoms with Crippen LogP contribution >= 0.6 is 0 Å². The molecule has 6 rings (SSSR count). The zero-order chi connectivity index (χ0) is 19.9. The van der Waals surface area contributed by atoms with E-state index in [1.807, 2.05) is 18.2 Å². The fraction of sp³-hybridized carbons (Fsp3) is 0. The Hall–Kier alpha value is -3.66. The van der Waals surface area contributed by atoms with E-state index in [4.69, 9.17) is 9.97 Å². The largest absolute Gasteiger partial charge is 0.355 e. The van der Waals surface area contributed by atoms with E-state index in [-0.39, 0.29) is 17.1 Å². The summed E-state index contributed by atoms with van der Waals surface area (Å²) in [7, 11) is 0. The number of H-pyrrole nitrogens is 2. The fourth-order valence-corrected chi connectivity index (χ4v) is 3.86. The maximum absolute atomic E-state index is 4.90. The van der Waals surface area contributed by atoms with Crippen molar-refractivity contribution >= 4 is 45.9 Å². The first-order chi connectivity index (χ1) is 14.8. The predicted octanol–water partition coefficient (Wildman–Crippen LogP) is 6.07. The van der Waals surface area contributed by atoms with Crippen LogP contribution in [0.2, 0.25) is 0 Å². The Bertz CT molecular complexity index is 1490. The molecular formula is C26H18MnN4. The summed E-state index contributed by atoms with van der Waals surface area (Å²) in [6, 6.07) is 26.9. The molecule has 4 aromatic rings. The molecule has 5 heteroatoms. The minimum absolute atomic E-state index is 0. The Morgan fingerprint density at radius 3 is 1.81 bits per heavy atom. The molecule has 0 spiro atoms. The molecule has 8 bridgehead atoms. The molecule has 0 amide bonds. The van der Waals surface area contributed by atoms with Gasteiger partial charge in [0.1, 0.15) is 0 Å². The van der Waals surface area contributed by atoms with Gasteiger partial charge in [0, 0.05) is 44.7 Å². The number of benzene rings is 1. The van der Waals surface area contributed by atoms with Crippen LogP contribution in [0.25, 0.3) is 45.9 Å². The van der Waals surface area contributed by atoms with Crippen LogP contribution in [0.15, 0.2) is 78.9 Å². The Balaban J connectivity index is 0.00000204. The molecule has 0 saturated heterocycles. The van der Waals surface area contributed by atoms with Gasteiger partial charge in [0.2, 0.25) is 0 Å². The van der Waals surface area contributed by atoms with Crippen molar-refractivity contribution in [1.29, 1.82) is 0 Å². The van der Waals surface area contributed by atoms with E-state index in [1.54, 1.807) is 0 Å². The van der Waals surface area contributed by atoms with Gasteiger partial charge in [-0.15, -0.1) is 0 Å². The maximum Gasteiger partial charge on any atom is 0.0737 e. The van der Waals surface area contributed by atoms with E-state index in [1.165, 1.54) is 0 Å². The molecule has 0 fully saturated rings. The monoisotopic (exact) mass is 441 g/mol. The van der Waals surface area contributed by atoms with E-state index in [9.17, 15) is 0 Å². The molecule has 5 heterocycles. The van der Waals surface area contributed by atoms with Crippen molar-refractivity contribution in [3.8, 4) is 0 Å². The van der Waals surface area contributed by atoms with Gasteiger partial charge in [-0.2, -0.15) is 0 Å². The summed E-state index contributed by atoms with van der Waals surface area (Å²) in [6.07, 6.45) is 6.20. The first kappa shape index (κ1) is 19.3. The molecule has 3 aromatic heterocycles. The van der Waals surface area contributed by atoms with Crippen molar-refractivity contribution in [2.24, 2.45) is 0 Å². The Morgan fingerprint density at radius 2 is 1.13 bits per heavy atom. The molecule has 31 heavy (non-hydrogen) atoms. The molecule has 1 radical (unpaired) electrons. The van der Waals surface area contributed by atoms with Crippen molar-refractivity contribution in [2.75, 3.05) is 0 Å². The summed E-state index contributed by atoms with van der Waals surface area (Å²) in [5.74, 6) is 0. The number of nitrogens with one attached hydrogen (secondary N) is 2. The average molecular weight is 441 g/mol. The molecule has 0 saturated carbocycles. The third-order valence-corrected chi connectivity index (χ3v) is 5.25. The van der Waals surface area contributed by atoms with Crippen LogP contribution in [-0.4, -0.2) is 19.9 Å². The summed E-state index contributed by atoms with van der Waals surface area (Å²) >= 11 is 0. The molecule has 4 nitrogen and oxygen atoms in total. The number of hydrogen-bond acceptors (Lipinski definition) is 2. The number of aromatic nitrogens is 4. The molecule has 149 valence electrons. The standard InChI is InChI=1S/C26H18N4.Mn/c1-2-4-17(5-3-1)25-15-24-14-22-9-8-20(28-22)12-18-6-7-19(27-18)13-21-10-11-23(29-21)16-26(25)30-24;/h1-16,27-28H;. The summed E-state index contributed by atoms with van der Waals surface area (Å²) in [4.78, 5) is 16.5. The first-order valence-electron chi connectivity index (χ1n) is 9.92. The normalized spacial score (nSPS) is 12.3. The summed E-state index contributed by atoms with van der Waals surface area (Å²) in [5, 5.41) is 0. The zero-order valence-electron chi connectivity index (χ0n) is 16.5. The van der Waals surface area contributed by atoms with Crippen LogP contribution in [0.3, 0.4) is 0 Å². The second-order valence-electron chi connectivity index (χ2n) is 7.46. The van der Waals surface area contributed by atoms with Crippen molar-refractivity contribution in [3.05, 3.63) is 107 Å². The molecular weight excluding hydrogens is 423 g/mol. The van der Waals surface area contributed by atoms with Gasteiger partial charge < -0.3 is 9.97 Å². The van der Waals surface area contributed by atoms with Crippen LogP contribution in [0.5, 0.6) is 0 Å². The predicted molar refractivity (Wildman–Crippen MR) is 123 cm³/mol. The second-order valence-corrected chi connectivity index (χ2v) is 7.46. The number of nitrogens with zero attached hydrogens (tertiary/aromatic N) is 2. The van der Waals surface area contributed by atoms with Gasteiger partial charge in [0.25, 0.3) is 0 Å². The molecule has 2 aliphatic rings. The minimum atomic E-state index is 0. The van der Waals surface area contributed by atoms with Gasteiger partial charge in [0.15, 0.2) is 0 Å². The van der Waals surface area contributed by atoms with Crippen LogP contribution in [-0.2, 0) is 17.1 Å². The van der Waals surface area contributed by atoms with Gasteiger partial charge in [-0.05, 0) is 72.3 Å². The van der Waals surface area contributed by atoms with Gasteiger partial charge in [-0.1, -0.05) is 30.3 Å². The summed E-state index contributed by atoms with van der Waals surface area (Å²) in [5.41, 5.74) is 10.0. The van der Waals surface area contributed by atoms with Crippen molar-refractivity contribution in [1.82, 2.24) is 19.9 Å². The molecule has 0 unspecified atom stereocenters. The van der Waals surface area contributed by atoms with Gasteiger partial charge in [0.05, 0.1) is 22.8 Å². The molecule has 2 aliphatic heterocycles. The smallest absolute Gasteiger partial charge is 0.0737 e. The minimum Gasteiger partial charge on any atom is -0.355 e. The van der Waals surface area contributed by atoms with Gasteiger partial charge >= 0.3 is 0 Å². The van der Waals surface area contributed by atoms with E-state index in [0.29, 0.717) is 0 Å². The van der Waals surface area contributed by atoms with E-state index in [0.717, 1.165) is 56.0 Å². The summed E-state index contributed by atoms with van der Waals surface area (Å²) < 4.78 is 0. The molecule has 0 aliphatic carbocycles. The number of rotatable bonds is 1. The maximum atomic E-state index is 4.90. The Morgan fingerprint density at radius 1 is 0.548 bits per heavy atom. The van der Waals surface area contributed by atoms with E-state index < -0.39 is 0 Å². The number of aromatic amines is 2. The number of fused-ring (bicyclic) bond motifs is 8. The quantitative estimate of drug-likeness (QED) is 0.304. The zero-order valence-corrected chi connectivity index (χ0v) is 17.7. The van der Waals surface area contributed by atoms with Crippen LogP contribution in [0, 0.1) is 0 Å². The third-order valence-electron chi connectivity index (χ3n) is 5.25. The summed E-state index contributed by atoms with van der Waals surface area (Å²) in [6.45, 7) is 0. The van der Waals surface area contributed by atoms with Crippen LogP contribution in [0.1, 0.15) is 28.3 Å². The fourth-order valence-electron chi connectivity index (χ4n) is 3.86. The van der Waals surface area contributed by atoms with Crippen molar-refractivity contribution < 1.29 is 17.1 Å². The average Bonchev–Trinajstić information content (AvgIpc) is 3.53. The second kappa shape index (κ2) is 7.88. The first-order valence-corrected chi connectivity index (χ1v) is 9.92.